The molecule has 0 aromatic heterocycles. The Labute approximate surface area is 144 Å². The van der Waals surface area contributed by atoms with Crippen molar-refractivity contribution in [2.24, 2.45) is 0 Å². The van der Waals surface area contributed by atoms with Crippen LogP contribution >= 0.6 is 0 Å². The summed E-state index contributed by atoms with van der Waals surface area (Å²) in [6.45, 7) is 1.24. The SMILES string of the molecule is O=C(CN1CC(=O)Nc2ccccc21)Nc1ccc2c(c1)OCCO2. The second-order valence-electron chi connectivity index (χ2n) is 5.83. The molecule has 25 heavy (non-hydrogen) atoms. The van der Waals surface area contributed by atoms with Gasteiger partial charge in [0.05, 0.1) is 24.5 Å². The van der Waals surface area contributed by atoms with Gasteiger partial charge in [0.2, 0.25) is 11.8 Å². The Morgan fingerprint density at radius 3 is 2.80 bits per heavy atom. The summed E-state index contributed by atoms with van der Waals surface area (Å²) in [7, 11) is 0. The number of para-hydroxylation sites is 2. The number of hydrogen-bond donors (Lipinski definition) is 2. The predicted molar refractivity (Wildman–Crippen MR) is 93.3 cm³/mol. The van der Waals surface area contributed by atoms with Gasteiger partial charge in [0, 0.05) is 11.8 Å². The van der Waals surface area contributed by atoms with Gasteiger partial charge in [0.25, 0.3) is 0 Å². The fourth-order valence-electron chi connectivity index (χ4n) is 2.94. The average molecular weight is 339 g/mol. The van der Waals surface area contributed by atoms with E-state index in [0.717, 1.165) is 5.69 Å². The molecule has 4 rings (SSSR count). The van der Waals surface area contributed by atoms with Crippen LogP contribution in [0.25, 0.3) is 0 Å². The third-order valence-electron chi connectivity index (χ3n) is 4.01. The summed E-state index contributed by atoms with van der Waals surface area (Å²) < 4.78 is 11.0. The standard InChI is InChI=1S/C18H17N3O4/c22-17(19-12-5-6-15-16(9-12)25-8-7-24-15)10-21-11-18(23)20-13-3-1-2-4-14(13)21/h1-6,9H,7-8,10-11H2,(H,19,22)(H,20,23). The van der Waals surface area contributed by atoms with Crippen LogP contribution in [0.5, 0.6) is 11.5 Å². The monoisotopic (exact) mass is 339 g/mol. The molecule has 0 spiro atoms. The summed E-state index contributed by atoms with van der Waals surface area (Å²) >= 11 is 0. The van der Waals surface area contributed by atoms with Gasteiger partial charge in [-0.2, -0.15) is 0 Å². The number of amides is 2. The zero-order chi connectivity index (χ0) is 17.2. The summed E-state index contributed by atoms with van der Waals surface area (Å²) in [6.07, 6.45) is 0. The van der Waals surface area contributed by atoms with E-state index in [9.17, 15) is 9.59 Å². The molecule has 2 aliphatic heterocycles. The molecule has 0 fully saturated rings. The molecule has 2 aromatic carbocycles. The average Bonchev–Trinajstić information content (AvgIpc) is 2.61. The molecule has 0 unspecified atom stereocenters. The Hall–Kier alpha value is -3.22. The molecule has 7 nitrogen and oxygen atoms in total. The first-order valence-corrected chi connectivity index (χ1v) is 8.02. The molecular formula is C18H17N3O4. The molecule has 0 aliphatic carbocycles. The minimum atomic E-state index is -0.207. The minimum Gasteiger partial charge on any atom is -0.486 e. The number of nitrogens with zero attached hydrogens (tertiary/aromatic N) is 1. The second kappa shape index (κ2) is 6.35. The molecular weight excluding hydrogens is 322 g/mol. The van der Waals surface area contributed by atoms with E-state index in [1.54, 1.807) is 23.1 Å². The van der Waals surface area contributed by atoms with Gasteiger partial charge in [0.1, 0.15) is 13.2 Å². The maximum atomic E-state index is 12.4. The van der Waals surface area contributed by atoms with Crippen molar-refractivity contribution in [3.05, 3.63) is 42.5 Å². The van der Waals surface area contributed by atoms with E-state index >= 15 is 0 Å². The van der Waals surface area contributed by atoms with Gasteiger partial charge < -0.3 is 25.0 Å². The zero-order valence-electron chi connectivity index (χ0n) is 13.5. The largest absolute Gasteiger partial charge is 0.486 e. The molecule has 0 saturated heterocycles. The highest BCUT2D eigenvalue weighted by Gasteiger charge is 2.23. The molecule has 0 saturated carbocycles. The quantitative estimate of drug-likeness (QED) is 0.892. The predicted octanol–water partition coefficient (Wildman–Crippen LogP) is 1.85. The molecule has 2 N–H and O–H groups in total. The van der Waals surface area contributed by atoms with E-state index in [4.69, 9.17) is 9.47 Å². The highest BCUT2D eigenvalue weighted by atomic mass is 16.6. The van der Waals surface area contributed by atoms with Crippen molar-refractivity contribution in [3.8, 4) is 11.5 Å². The molecule has 2 aromatic rings. The maximum Gasteiger partial charge on any atom is 0.243 e. The van der Waals surface area contributed by atoms with E-state index in [1.165, 1.54) is 0 Å². The van der Waals surface area contributed by atoms with Crippen molar-refractivity contribution in [3.63, 3.8) is 0 Å². The number of ether oxygens (including phenoxy) is 2. The van der Waals surface area contributed by atoms with Crippen LogP contribution in [0.3, 0.4) is 0 Å². The molecule has 2 amide bonds. The lowest BCUT2D eigenvalue weighted by Crippen LogP contribution is -2.42. The number of carbonyl (C=O) groups is 2. The van der Waals surface area contributed by atoms with Gasteiger partial charge in [-0.25, -0.2) is 0 Å². The fraction of sp³-hybridized carbons (Fsp3) is 0.222. The van der Waals surface area contributed by atoms with Crippen molar-refractivity contribution in [1.82, 2.24) is 0 Å². The van der Waals surface area contributed by atoms with E-state index in [1.807, 2.05) is 24.3 Å². The lowest BCUT2D eigenvalue weighted by atomic mass is 10.2. The molecule has 7 heteroatoms. The van der Waals surface area contributed by atoms with Gasteiger partial charge in [-0.05, 0) is 24.3 Å². The molecule has 0 bridgehead atoms. The Morgan fingerprint density at radius 1 is 1.12 bits per heavy atom. The van der Waals surface area contributed by atoms with E-state index in [2.05, 4.69) is 10.6 Å². The zero-order valence-corrected chi connectivity index (χ0v) is 13.5. The van der Waals surface area contributed by atoms with Crippen LogP contribution in [-0.2, 0) is 9.59 Å². The Balaban J connectivity index is 1.47. The van der Waals surface area contributed by atoms with Crippen LogP contribution in [0.2, 0.25) is 0 Å². The summed E-state index contributed by atoms with van der Waals surface area (Å²) in [5.41, 5.74) is 2.18. The lowest BCUT2D eigenvalue weighted by Gasteiger charge is -2.30. The second-order valence-corrected chi connectivity index (χ2v) is 5.83. The van der Waals surface area contributed by atoms with E-state index in [0.29, 0.717) is 36.1 Å². The fourth-order valence-corrected chi connectivity index (χ4v) is 2.94. The summed E-state index contributed by atoms with van der Waals surface area (Å²) in [6, 6.07) is 12.7. The van der Waals surface area contributed by atoms with Crippen LogP contribution in [0, 0.1) is 0 Å². The minimum absolute atomic E-state index is 0.0822. The van der Waals surface area contributed by atoms with Gasteiger partial charge in [-0.1, -0.05) is 12.1 Å². The van der Waals surface area contributed by atoms with Gasteiger partial charge in [-0.3, -0.25) is 9.59 Å². The van der Waals surface area contributed by atoms with Crippen LogP contribution in [-0.4, -0.2) is 38.1 Å². The summed E-state index contributed by atoms with van der Waals surface area (Å²) in [4.78, 5) is 26.0. The van der Waals surface area contributed by atoms with E-state index in [-0.39, 0.29) is 24.9 Å². The van der Waals surface area contributed by atoms with Crippen molar-refractivity contribution in [2.45, 2.75) is 0 Å². The van der Waals surface area contributed by atoms with Crippen LogP contribution < -0.4 is 25.0 Å². The Bertz CT molecular complexity index is 837. The van der Waals surface area contributed by atoms with Gasteiger partial charge in [0.15, 0.2) is 11.5 Å². The normalized spacial score (nSPS) is 15.2. The first kappa shape index (κ1) is 15.3. The molecule has 0 atom stereocenters. The Kier molecular flexibility index (Phi) is 3.89. The molecule has 128 valence electrons. The van der Waals surface area contributed by atoms with Gasteiger partial charge >= 0.3 is 0 Å². The topological polar surface area (TPSA) is 79.9 Å². The number of nitrogens with one attached hydrogen (secondary N) is 2. The van der Waals surface area contributed by atoms with Crippen molar-refractivity contribution >= 4 is 28.9 Å². The molecule has 0 radical (unpaired) electrons. The number of carbonyl (C=O) groups excluding carboxylic acids is 2. The third-order valence-corrected chi connectivity index (χ3v) is 4.01. The lowest BCUT2D eigenvalue weighted by molar-refractivity contribution is -0.115. The first-order valence-electron chi connectivity index (χ1n) is 8.02. The third kappa shape index (κ3) is 3.21. The van der Waals surface area contributed by atoms with Gasteiger partial charge in [-0.15, -0.1) is 0 Å². The molecule has 2 heterocycles. The number of rotatable bonds is 3. The van der Waals surface area contributed by atoms with Crippen LogP contribution in [0.1, 0.15) is 0 Å². The van der Waals surface area contributed by atoms with E-state index < -0.39 is 0 Å². The Morgan fingerprint density at radius 2 is 1.92 bits per heavy atom. The number of fused-ring (bicyclic) bond motifs is 2. The number of hydrogen-bond acceptors (Lipinski definition) is 5. The summed E-state index contributed by atoms with van der Waals surface area (Å²) in [5, 5.41) is 5.64. The van der Waals surface area contributed by atoms with Crippen LogP contribution in [0.15, 0.2) is 42.5 Å². The van der Waals surface area contributed by atoms with Crippen molar-refractivity contribution in [2.75, 3.05) is 41.8 Å². The van der Waals surface area contributed by atoms with Crippen LogP contribution in [0.4, 0.5) is 17.1 Å². The smallest absolute Gasteiger partial charge is 0.243 e. The van der Waals surface area contributed by atoms with Crippen molar-refractivity contribution < 1.29 is 19.1 Å². The highest BCUT2D eigenvalue weighted by Crippen LogP contribution is 2.33. The molecule has 2 aliphatic rings. The number of benzene rings is 2. The van der Waals surface area contributed by atoms with Crippen molar-refractivity contribution in [1.29, 1.82) is 0 Å². The first-order chi connectivity index (χ1) is 12.2. The summed E-state index contributed by atoms with van der Waals surface area (Å²) in [5.74, 6) is 0.949. The maximum absolute atomic E-state index is 12.4. The highest BCUT2D eigenvalue weighted by molar-refractivity contribution is 6.03. The number of anilines is 3.